The van der Waals surface area contributed by atoms with Crippen molar-refractivity contribution in [2.24, 2.45) is 7.05 Å². The predicted octanol–water partition coefficient (Wildman–Crippen LogP) is 0.394. The highest BCUT2D eigenvalue weighted by atomic mass is 16.4. The van der Waals surface area contributed by atoms with Gasteiger partial charge in [-0.05, 0) is 6.07 Å². The van der Waals surface area contributed by atoms with Crippen LogP contribution >= 0.6 is 0 Å². The Bertz CT molecular complexity index is 344. The minimum atomic E-state index is -1.00. The Morgan fingerprint density at radius 3 is 3.07 bits per heavy atom. The molecule has 1 aromatic rings. The monoisotopic (exact) mass is 195 g/mol. The highest BCUT2D eigenvalue weighted by molar-refractivity contribution is 5.85. The lowest BCUT2D eigenvalue weighted by atomic mass is 10.3. The number of carboxylic acid groups (broad SMARTS) is 1. The summed E-state index contributed by atoms with van der Waals surface area (Å²) >= 11 is 0. The number of rotatable bonds is 5. The Hall–Kier alpha value is -1.62. The van der Waals surface area contributed by atoms with E-state index < -0.39 is 5.97 Å². The molecule has 14 heavy (non-hydrogen) atoms. The van der Waals surface area contributed by atoms with Crippen molar-refractivity contribution >= 4 is 5.97 Å². The molecule has 0 aliphatic rings. The topological polar surface area (TPSA) is 67.2 Å². The van der Waals surface area contributed by atoms with Crippen LogP contribution in [0.4, 0.5) is 0 Å². The number of aromatic carboxylic acids is 1. The Balaban J connectivity index is 2.67. The molecule has 0 radical (unpaired) electrons. The maximum absolute atomic E-state index is 10.6. The summed E-state index contributed by atoms with van der Waals surface area (Å²) in [5.74, 6) is -1.00. The summed E-state index contributed by atoms with van der Waals surface area (Å²) in [7, 11) is 1.72. The van der Waals surface area contributed by atoms with Gasteiger partial charge in [-0.25, -0.2) is 4.79 Å². The van der Waals surface area contributed by atoms with Gasteiger partial charge in [-0.2, -0.15) is 5.10 Å². The molecule has 1 aromatic heterocycles. The van der Waals surface area contributed by atoms with Crippen molar-refractivity contribution in [1.29, 1.82) is 0 Å². The number of nitrogens with one attached hydrogen (secondary N) is 1. The molecule has 5 heteroatoms. The lowest BCUT2D eigenvalue weighted by Gasteiger charge is -2.00. The second-order valence-corrected chi connectivity index (χ2v) is 2.87. The molecule has 0 aromatic carbocycles. The van der Waals surface area contributed by atoms with Gasteiger partial charge in [0.15, 0.2) is 5.69 Å². The molecule has 0 saturated carbocycles. The van der Waals surface area contributed by atoms with Gasteiger partial charge in [-0.1, -0.05) is 6.08 Å². The quantitative estimate of drug-likeness (QED) is 0.527. The number of aryl methyl sites for hydroxylation is 1. The molecule has 0 aliphatic heterocycles. The van der Waals surface area contributed by atoms with Crippen LogP contribution in [0.2, 0.25) is 0 Å². The van der Waals surface area contributed by atoms with Crippen molar-refractivity contribution in [3.63, 3.8) is 0 Å². The van der Waals surface area contributed by atoms with Crippen LogP contribution in [0.15, 0.2) is 18.7 Å². The number of carboxylic acids is 1. The average molecular weight is 195 g/mol. The zero-order valence-corrected chi connectivity index (χ0v) is 8.03. The van der Waals surface area contributed by atoms with E-state index in [1.165, 1.54) is 0 Å². The summed E-state index contributed by atoms with van der Waals surface area (Å²) in [4.78, 5) is 10.6. The van der Waals surface area contributed by atoms with Crippen LogP contribution in [0.1, 0.15) is 16.2 Å². The van der Waals surface area contributed by atoms with E-state index in [9.17, 15) is 4.79 Å². The first kappa shape index (κ1) is 10.5. The van der Waals surface area contributed by atoms with E-state index in [1.807, 2.05) is 0 Å². The lowest BCUT2D eigenvalue weighted by Crippen LogP contribution is -2.15. The van der Waals surface area contributed by atoms with Gasteiger partial charge in [0.05, 0.1) is 5.69 Å². The normalized spacial score (nSPS) is 10.1. The summed E-state index contributed by atoms with van der Waals surface area (Å²) in [6.07, 6.45) is 1.74. The molecular formula is C9H13N3O2. The highest BCUT2D eigenvalue weighted by Crippen LogP contribution is 2.02. The SMILES string of the molecule is C=CCNCc1cc(C(=O)O)nn1C. The molecule has 0 atom stereocenters. The van der Waals surface area contributed by atoms with Gasteiger partial charge >= 0.3 is 5.97 Å². The molecular weight excluding hydrogens is 182 g/mol. The average Bonchev–Trinajstić information content (AvgIpc) is 2.49. The smallest absolute Gasteiger partial charge is 0.356 e. The maximum atomic E-state index is 10.6. The van der Waals surface area contributed by atoms with Crippen molar-refractivity contribution in [3.05, 3.63) is 30.1 Å². The zero-order valence-electron chi connectivity index (χ0n) is 8.03. The molecule has 5 nitrogen and oxygen atoms in total. The van der Waals surface area contributed by atoms with Crippen LogP contribution in [-0.4, -0.2) is 27.4 Å². The fourth-order valence-electron chi connectivity index (χ4n) is 1.08. The zero-order chi connectivity index (χ0) is 10.6. The molecule has 0 bridgehead atoms. The third-order valence-electron chi connectivity index (χ3n) is 1.79. The van der Waals surface area contributed by atoms with Gasteiger partial charge in [0.1, 0.15) is 0 Å². The van der Waals surface area contributed by atoms with Gasteiger partial charge in [0.2, 0.25) is 0 Å². The fraction of sp³-hybridized carbons (Fsp3) is 0.333. The lowest BCUT2D eigenvalue weighted by molar-refractivity contribution is 0.0689. The van der Waals surface area contributed by atoms with Gasteiger partial charge in [-0.3, -0.25) is 4.68 Å². The first-order valence-electron chi connectivity index (χ1n) is 4.23. The fourth-order valence-corrected chi connectivity index (χ4v) is 1.08. The van der Waals surface area contributed by atoms with Gasteiger partial charge < -0.3 is 10.4 Å². The van der Waals surface area contributed by atoms with E-state index in [4.69, 9.17) is 5.11 Å². The number of hydrogen-bond acceptors (Lipinski definition) is 3. The molecule has 0 aliphatic carbocycles. The van der Waals surface area contributed by atoms with E-state index in [1.54, 1.807) is 23.9 Å². The Morgan fingerprint density at radius 1 is 1.86 bits per heavy atom. The van der Waals surface area contributed by atoms with Crippen molar-refractivity contribution < 1.29 is 9.90 Å². The largest absolute Gasteiger partial charge is 0.476 e. The standard InChI is InChI=1S/C9H13N3O2/c1-3-4-10-6-7-5-8(9(13)14)11-12(7)2/h3,5,10H,1,4,6H2,2H3,(H,13,14). The Kier molecular flexibility index (Phi) is 3.41. The van der Waals surface area contributed by atoms with E-state index in [2.05, 4.69) is 17.0 Å². The first-order chi connectivity index (χ1) is 6.65. The molecule has 0 fully saturated rings. The van der Waals surface area contributed by atoms with Crippen molar-refractivity contribution in [2.45, 2.75) is 6.54 Å². The van der Waals surface area contributed by atoms with Crippen LogP contribution in [0.3, 0.4) is 0 Å². The van der Waals surface area contributed by atoms with Crippen LogP contribution in [0.5, 0.6) is 0 Å². The third-order valence-corrected chi connectivity index (χ3v) is 1.79. The summed E-state index contributed by atoms with van der Waals surface area (Å²) < 4.78 is 1.56. The minimum Gasteiger partial charge on any atom is -0.476 e. The number of aromatic nitrogens is 2. The van der Waals surface area contributed by atoms with Crippen LogP contribution in [0.25, 0.3) is 0 Å². The van der Waals surface area contributed by atoms with E-state index in [0.717, 1.165) is 5.69 Å². The van der Waals surface area contributed by atoms with Crippen molar-refractivity contribution in [1.82, 2.24) is 15.1 Å². The number of nitrogens with zero attached hydrogens (tertiary/aromatic N) is 2. The van der Waals surface area contributed by atoms with Crippen LogP contribution < -0.4 is 5.32 Å². The summed E-state index contributed by atoms with van der Waals surface area (Å²) in [5, 5.41) is 15.6. The van der Waals surface area contributed by atoms with E-state index >= 15 is 0 Å². The summed E-state index contributed by atoms with van der Waals surface area (Å²) in [6, 6.07) is 1.55. The van der Waals surface area contributed by atoms with E-state index in [-0.39, 0.29) is 5.69 Å². The Morgan fingerprint density at radius 2 is 2.57 bits per heavy atom. The van der Waals surface area contributed by atoms with Gasteiger partial charge in [-0.15, -0.1) is 6.58 Å². The van der Waals surface area contributed by atoms with E-state index in [0.29, 0.717) is 13.1 Å². The van der Waals surface area contributed by atoms with Crippen LogP contribution in [-0.2, 0) is 13.6 Å². The second-order valence-electron chi connectivity index (χ2n) is 2.87. The summed E-state index contributed by atoms with van der Waals surface area (Å²) in [5.41, 5.74) is 0.909. The molecule has 0 spiro atoms. The number of hydrogen-bond donors (Lipinski definition) is 2. The molecule has 76 valence electrons. The summed E-state index contributed by atoms with van der Waals surface area (Å²) in [6.45, 7) is 4.84. The van der Waals surface area contributed by atoms with Gasteiger partial charge in [0.25, 0.3) is 0 Å². The van der Waals surface area contributed by atoms with Gasteiger partial charge in [0, 0.05) is 20.1 Å². The predicted molar refractivity (Wildman–Crippen MR) is 52.1 cm³/mol. The highest BCUT2D eigenvalue weighted by Gasteiger charge is 2.09. The maximum Gasteiger partial charge on any atom is 0.356 e. The third kappa shape index (κ3) is 2.43. The Labute approximate surface area is 82.0 Å². The molecule has 2 N–H and O–H groups in total. The molecule has 0 amide bonds. The molecule has 0 unspecified atom stereocenters. The molecule has 1 rings (SSSR count). The molecule has 0 saturated heterocycles. The van der Waals surface area contributed by atoms with Crippen molar-refractivity contribution in [3.8, 4) is 0 Å². The number of carbonyl (C=O) groups is 1. The van der Waals surface area contributed by atoms with Crippen LogP contribution in [0, 0.1) is 0 Å². The van der Waals surface area contributed by atoms with Crippen molar-refractivity contribution in [2.75, 3.05) is 6.54 Å². The minimum absolute atomic E-state index is 0.0721. The second kappa shape index (κ2) is 4.57. The first-order valence-corrected chi connectivity index (χ1v) is 4.23. The molecule has 1 heterocycles.